The number of carbonyl (C=O) groups excluding carboxylic acids is 1. The van der Waals surface area contributed by atoms with Gasteiger partial charge in [0.05, 0.1) is 11.3 Å². The van der Waals surface area contributed by atoms with E-state index in [4.69, 9.17) is 11.6 Å². The number of anilines is 1. The van der Waals surface area contributed by atoms with Crippen molar-refractivity contribution in [3.05, 3.63) is 46.7 Å². The Labute approximate surface area is 104 Å². The third-order valence-electron chi connectivity index (χ3n) is 2.36. The Bertz CT molecular complexity index is 545. The van der Waals surface area contributed by atoms with E-state index in [2.05, 4.69) is 10.4 Å². The number of aromatic nitrogens is 2. The zero-order chi connectivity index (χ0) is 12.4. The van der Waals surface area contributed by atoms with Crippen LogP contribution in [0, 0.1) is 6.92 Å². The summed E-state index contributed by atoms with van der Waals surface area (Å²) in [6.07, 6.45) is 1.70. The maximum atomic E-state index is 11.9. The monoisotopic (exact) mass is 249 g/mol. The highest BCUT2D eigenvalue weighted by atomic mass is 35.5. The minimum atomic E-state index is -0.169. The number of aryl methyl sites for hydroxylation is 2. The van der Waals surface area contributed by atoms with E-state index in [0.29, 0.717) is 22.0 Å². The topological polar surface area (TPSA) is 46.9 Å². The molecule has 2 rings (SSSR count). The van der Waals surface area contributed by atoms with Crippen molar-refractivity contribution in [3.8, 4) is 0 Å². The van der Waals surface area contributed by atoms with Crippen molar-refractivity contribution in [3.63, 3.8) is 0 Å². The van der Waals surface area contributed by atoms with Crippen LogP contribution in [0.25, 0.3) is 0 Å². The van der Waals surface area contributed by atoms with Gasteiger partial charge in [0, 0.05) is 24.0 Å². The molecule has 0 fully saturated rings. The average molecular weight is 250 g/mol. The highest BCUT2D eigenvalue weighted by molar-refractivity contribution is 6.30. The molecule has 1 heterocycles. The van der Waals surface area contributed by atoms with E-state index in [1.165, 1.54) is 0 Å². The molecule has 2 aromatic rings. The van der Waals surface area contributed by atoms with Gasteiger partial charge in [0.25, 0.3) is 5.91 Å². The Kier molecular flexibility index (Phi) is 3.15. The molecule has 0 saturated heterocycles. The second-order valence-corrected chi connectivity index (χ2v) is 4.20. The van der Waals surface area contributed by atoms with Crippen LogP contribution in [0.3, 0.4) is 0 Å². The largest absolute Gasteiger partial charge is 0.322 e. The average Bonchev–Trinajstić information content (AvgIpc) is 2.61. The van der Waals surface area contributed by atoms with Crippen LogP contribution in [0.1, 0.15) is 16.1 Å². The molecule has 4 nitrogen and oxygen atoms in total. The summed E-state index contributed by atoms with van der Waals surface area (Å²) in [6, 6.07) is 6.97. The fourth-order valence-corrected chi connectivity index (χ4v) is 1.68. The first-order valence-electron chi connectivity index (χ1n) is 5.13. The standard InChI is InChI=1S/C12H12ClN3O/c1-8-11(7-16(2)15-8)12(17)14-10-5-3-9(13)4-6-10/h3-7H,1-2H3,(H,14,17). The van der Waals surface area contributed by atoms with E-state index < -0.39 is 0 Å². The first kappa shape index (κ1) is 11.7. The first-order valence-corrected chi connectivity index (χ1v) is 5.51. The molecule has 0 aliphatic carbocycles. The minimum Gasteiger partial charge on any atom is -0.322 e. The Morgan fingerprint density at radius 2 is 2.00 bits per heavy atom. The molecule has 0 unspecified atom stereocenters. The zero-order valence-electron chi connectivity index (χ0n) is 9.57. The lowest BCUT2D eigenvalue weighted by Gasteiger charge is -2.03. The number of halogens is 1. The van der Waals surface area contributed by atoms with Gasteiger partial charge < -0.3 is 5.32 Å². The van der Waals surface area contributed by atoms with Gasteiger partial charge in [-0.05, 0) is 31.2 Å². The van der Waals surface area contributed by atoms with Crippen molar-refractivity contribution in [2.75, 3.05) is 5.32 Å². The van der Waals surface area contributed by atoms with Crippen LogP contribution < -0.4 is 5.32 Å². The van der Waals surface area contributed by atoms with E-state index in [9.17, 15) is 4.79 Å². The number of hydrogen-bond acceptors (Lipinski definition) is 2. The van der Waals surface area contributed by atoms with Gasteiger partial charge in [-0.3, -0.25) is 9.48 Å². The Morgan fingerprint density at radius 1 is 1.35 bits per heavy atom. The SMILES string of the molecule is Cc1nn(C)cc1C(=O)Nc1ccc(Cl)cc1. The second-order valence-electron chi connectivity index (χ2n) is 3.76. The van der Waals surface area contributed by atoms with Crippen molar-refractivity contribution >= 4 is 23.2 Å². The number of benzene rings is 1. The normalized spacial score (nSPS) is 10.3. The zero-order valence-corrected chi connectivity index (χ0v) is 10.3. The smallest absolute Gasteiger partial charge is 0.259 e. The summed E-state index contributed by atoms with van der Waals surface area (Å²) in [5.41, 5.74) is 1.99. The molecule has 1 aromatic carbocycles. The fourth-order valence-electron chi connectivity index (χ4n) is 1.55. The van der Waals surface area contributed by atoms with E-state index in [-0.39, 0.29) is 5.91 Å². The van der Waals surface area contributed by atoms with Gasteiger partial charge >= 0.3 is 0 Å². The van der Waals surface area contributed by atoms with Gasteiger partial charge in [0.2, 0.25) is 0 Å². The van der Waals surface area contributed by atoms with E-state index >= 15 is 0 Å². The second kappa shape index (κ2) is 4.59. The molecule has 1 N–H and O–H groups in total. The Balaban J connectivity index is 2.17. The third kappa shape index (κ3) is 2.65. The molecule has 1 aromatic heterocycles. The number of carbonyl (C=O) groups is 1. The molecule has 0 radical (unpaired) electrons. The summed E-state index contributed by atoms with van der Waals surface area (Å²) in [7, 11) is 1.78. The number of nitrogens with zero attached hydrogens (tertiary/aromatic N) is 2. The molecule has 1 amide bonds. The number of amides is 1. The predicted molar refractivity (Wildman–Crippen MR) is 67.4 cm³/mol. The van der Waals surface area contributed by atoms with Crippen LogP contribution in [-0.4, -0.2) is 15.7 Å². The van der Waals surface area contributed by atoms with Crippen molar-refractivity contribution in [2.45, 2.75) is 6.92 Å². The number of rotatable bonds is 2. The van der Waals surface area contributed by atoms with Crippen molar-refractivity contribution in [1.82, 2.24) is 9.78 Å². The first-order chi connectivity index (χ1) is 8.06. The summed E-state index contributed by atoms with van der Waals surface area (Å²) >= 11 is 5.77. The van der Waals surface area contributed by atoms with Crippen LogP contribution in [0.4, 0.5) is 5.69 Å². The highest BCUT2D eigenvalue weighted by Gasteiger charge is 2.12. The minimum absolute atomic E-state index is 0.169. The van der Waals surface area contributed by atoms with E-state index in [1.807, 2.05) is 0 Å². The van der Waals surface area contributed by atoms with Crippen LogP contribution in [0.15, 0.2) is 30.5 Å². The van der Waals surface area contributed by atoms with Crippen LogP contribution in [0.2, 0.25) is 5.02 Å². The quantitative estimate of drug-likeness (QED) is 0.889. The number of nitrogens with one attached hydrogen (secondary N) is 1. The number of hydrogen-bond donors (Lipinski definition) is 1. The summed E-state index contributed by atoms with van der Waals surface area (Å²) in [6.45, 7) is 1.80. The Hall–Kier alpha value is -1.81. The van der Waals surface area contributed by atoms with Gasteiger partial charge in [-0.25, -0.2) is 0 Å². The van der Waals surface area contributed by atoms with Gasteiger partial charge in [-0.15, -0.1) is 0 Å². The lowest BCUT2D eigenvalue weighted by Crippen LogP contribution is -2.12. The fraction of sp³-hybridized carbons (Fsp3) is 0.167. The van der Waals surface area contributed by atoms with Crippen molar-refractivity contribution in [1.29, 1.82) is 0 Å². The molecule has 0 spiro atoms. The van der Waals surface area contributed by atoms with Gasteiger partial charge in [-0.1, -0.05) is 11.6 Å². The lowest BCUT2D eigenvalue weighted by molar-refractivity contribution is 0.102. The maximum absolute atomic E-state index is 11.9. The highest BCUT2D eigenvalue weighted by Crippen LogP contribution is 2.15. The summed E-state index contributed by atoms with van der Waals surface area (Å²) < 4.78 is 1.62. The van der Waals surface area contributed by atoms with Gasteiger partial charge in [0.15, 0.2) is 0 Å². The molecule has 5 heteroatoms. The van der Waals surface area contributed by atoms with Gasteiger partial charge in [0.1, 0.15) is 0 Å². The van der Waals surface area contributed by atoms with Crippen LogP contribution >= 0.6 is 11.6 Å². The van der Waals surface area contributed by atoms with Crippen LogP contribution in [0.5, 0.6) is 0 Å². The summed E-state index contributed by atoms with van der Waals surface area (Å²) in [5.74, 6) is -0.169. The molecular weight excluding hydrogens is 238 g/mol. The lowest BCUT2D eigenvalue weighted by atomic mass is 10.2. The summed E-state index contributed by atoms with van der Waals surface area (Å²) in [4.78, 5) is 11.9. The van der Waals surface area contributed by atoms with E-state index in [1.54, 1.807) is 49.1 Å². The molecule has 0 atom stereocenters. The van der Waals surface area contributed by atoms with Crippen LogP contribution in [-0.2, 0) is 7.05 Å². The molecule has 17 heavy (non-hydrogen) atoms. The Morgan fingerprint density at radius 3 is 2.53 bits per heavy atom. The molecule has 0 aliphatic rings. The van der Waals surface area contributed by atoms with Crippen molar-refractivity contribution < 1.29 is 4.79 Å². The van der Waals surface area contributed by atoms with Crippen molar-refractivity contribution in [2.24, 2.45) is 7.05 Å². The molecular formula is C12H12ClN3O. The molecule has 88 valence electrons. The molecule has 0 saturated carbocycles. The predicted octanol–water partition coefficient (Wildman–Crippen LogP) is 2.63. The molecule has 0 bridgehead atoms. The van der Waals surface area contributed by atoms with E-state index in [0.717, 1.165) is 0 Å². The van der Waals surface area contributed by atoms with Gasteiger partial charge in [-0.2, -0.15) is 5.10 Å². The maximum Gasteiger partial charge on any atom is 0.259 e. The third-order valence-corrected chi connectivity index (χ3v) is 2.61. The molecule has 0 aliphatic heterocycles. The summed E-state index contributed by atoms with van der Waals surface area (Å²) in [5, 5.41) is 7.55.